The van der Waals surface area contributed by atoms with Crippen molar-refractivity contribution < 1.29 is 14.2 Å². The van der Waals surface area contributed by atoms with Crippen LogP contribution in [0.15, 0.2) is 5.16 Å². The highest BCUT2D eigenvalue weighted by Gasteiger charge is 2.24. The van der Waals surface area contributed by atoms with Crippen molar-refractivity contribution in [1.29, 1.82) is 0 Å². The zero-order chi connectivity index (χ0) is 12.8. The van der Waals surface area contributed by atoms with Gasteiger partial charge < -0.3 is 9.87 Å². The van der Waals surface area contributed by atoms with Crippen molar-refractivity contribution >= 4 is 22.3 Å². The summed E-state index contributed by atoms with van der Waals surface area (Å²) in [6.45, 7) is 7.83. The molecule has 0 radical (unpaired) electrons. The number of carbonyl (C=O) groups excluding carboxylic acids is 1. The molecule has 5 nitrogen and oxygen atoms in total. The Bertz CT molecular complexity index is 261. The summed E-state index contributed by atoms with van der Waals surface area (Å²) in [4.78, 5) is 15.4. The molecule has 1 unspecified atom stereocenters. The Morgan fingerprint density at radius 2 is 2.06 bits per heavy atom. The molecule has 0 rings (SSSR count). The Morgan fingerprint density at radius 3 is 2.44 bits per heavy atom. The molecule has 16 heavy (non-hydrogen) atoms. The van der Waals surface area contributed by atoms with E-state index in [0.29, 0.717) is 17.2 Å². The van der Waals surface area contributed by atoms with Crippen molar-refractivity contribution in [3.63, 3.8) is 0 Å². The minimum atomic E-state index is -1.18. The normalized spacial score (nSPS) is 14.5. The van der Waals surface area contributed by atoms with Gasteiger partial charge in [0.05, 0.1) is 0 Å². The second-order valence-electron chi connectivity index (χ2n) is 4.49. The molecule has 1 N–H and O–H groups in total. The molecule has 0 heterocycles. The van der Waals surface area contributed by atoms with Gasteiger partial charge in [0, 0.05) is 24.6 Å². The van der Waals surface area contributed by atoms with Crippen molar-refractivity contribution in [1.82, 2.24) is 5.32 Å². The molecule has 0 spiro atoms. The van der Waals surface area contributed by atoms with Gasteiger partial charge in [-0.2, -0.15) is 0 Å². The van der Waals surface area contributed by atoms with E-state index in [0.717, 1.165) is 0 Å². The Morgan fingerprint density at radius 1 is 1.50 bits per heavy atom. The molecular formula is C10H20N2O3S. The number of oxime groups is 1. The minimum absolute atomic E-state index is 0.0459. The third-order valence-electron chi connectivity index (χ3n) is 1.64. The van der Waals surface area contributed by atoms with E-state index >= 15 is 0 Å². The van der Waals surface area contributed by atoms with Crippen LogP contribution in [0.2, 0.25) is 0 Å². The van der Waals surface area contributed by atoms with Gasteiger partial charge in [0.2, 0.25) is 0 Å². The zero-order valence-corrected chi connectivity index (χ0v) is 11.3. The molecular weight excluding hydrogens is 228 g/mol. The summed E-state index contributed by atoms with van der Waals surface area (Å²) >= 11 is -1.18. The number of nitrogens with one attached hydrogen (secondary N) is 1. The summed E-state index contributed by atoms with van der Waals surface area (Å²) in [5.41, 5.74) is -0.0459. The molecule has 0 aromatic carbocycles. The number of amides is 1. The molecule has 0 aliphatic heterocycles. The lowest BCUT2D eigenvalue weighted by Crippen LogP contribution is -2.25. The van der Waals surface area contributed by atoms with Crippen LogP contribution in [0, 0.1) is 5.41 Å². The molecule has 6 heteroatoms. The number of nitrogens with zero attached hydrogens (tertiary/aromatic N) is 1. The van der Waals surface area contributed by atoms with Crippen LogP contribution < -0.4 is 5.32 Å². The molecule has 94 valence electrons. The monoisotopic (exact) mass is 248 g/mol. The third kappa shape index (κ3) is 6.68. The smallest absolute Gasteiger partial charge is 0.433 e. The van der Waals surface area contributed by atoms with Crippen molar-refractivity contribution in [2.45, 2.75) is 34.1 Å². The van der Waals surface area contributed by atoms with Crippen LogP contribution >= 0.6 is 0 Å². The molecule has 0 aliphatic rings. The lowest BCUT2D eigenvalue weighted by Gasteiger charge is -2.19. The van der Waals surface area contributed by atoms with Gasteiger partial charge >= 0.3 is 6.09 Å². The molecule has 0 bridgehead atoms. The van der Waals surface area contributed by atoms with Crippen molar-refractivity contribution in [2.75, 3.05) is 12.8 Å². The van der Waals surface area contributed by atoms with E-state index in [1.165, 1.54) is 7.05 Å². The van der Waals surface area contributed by atoms with Gasteiger partial charge in [-0.15, -0.1) is 0 Å². The highest BCUT2D eigenvalue weighted by molar-refractivity contribution is 8.06. The standard InChI is InChI=1S/C10H20N2O3S/c1-6-16(14)8(7-10(2,3)4)12-15-9(13)11-5/h6-7H2,1-5H3,(H,11,13). The first-order valence-corrected chi connectivity index (χ1v) is 6.46. The van der Waals surface area contributed by atoms with Crippen molar-refractivity contribution in [3.8, 4) is 0 Å². The van der Waals surface area contributed by atoms with Crippen molar-refractivity contribution in [2.24, 2.45) is 10.6 Å². The van der Waals surface area contributed by atoms with E-state index in [4.69, 9.17) is 0 Å². The summed E-state index contributed by atoms with van der Waals surface area (Å²) in [6, 6.07) is 0. The van der Waals surface area contributed by atoms with Gasteiger partial charge in [0.15, 0.2) is 0 Å². The molecule has 0 saturated carbocycles. The van der Waals surface area contributed by atoms with Gasteiger partial charge in [-0.1, -0.05) is 20.8 Å². The van der Waals surface area contributed by atoms with Crippen molar-refractivity contribution in [3.05, 3.63) is 0 Å². The van der Waals surface area contributed by atoms with E-state index in [2.05, 4.69) is 15.3 Å². The molecule has 0 aromatic rings. The van der Waals surface area contributed by atoms with Gasteiger partial charge in [0.1, 0.15) is 5.75 Å². The van der Waals surface area contributed by atoms with Gasteiger partial charge in [-0.3, -0.25) is 4.84 Å². The fourth-order valence-corrected chi connectivity index (χ4v) is 1.96. The van der Waals surface area contributed by atoms with Gasteiger partial charge in [0.25, 0.3) is 5.04 Å². The number of rotatable bonds is 3. The van der Waals surface area contributed by atoms with E-state index < -0.39 is 17.3 Å². The highest BCUT2D eigenvalue weighted by Crippen LogP contribution is 2.21. The maximum absolute atomic E-state index is 11.7. The van der Waals surface area contributed by atoms with Crippen LogP contribution in [0.5, 0.6) is 0 Å². The predicted molar refractivity (Wildman–Crippen MR) is 65.7 cm³/mol. The minimum Gasteiger partial charge on any atom is -0.610 e. The second kappa shape index (κ2) is 6.75. The summed E-state index contributed by atoms with van der Waals surface area (Å²) < 4.78 is 11.7. The first-order chi connectivity index (χ1) is 7.30. The Hall–Kier alpha value is -0.750. The fraction of sp³-hybridized carbons (Fsp3) is 0.800. The van der Waals surface area contributed by atoms with Gasteiger partial charge in [-0.25, -0.2) is 4.79 Å². The molecule has 1 amide bonds. The molecule has 0 saturated heterocycles. The third-order valence-corrected chi connectivity index (χ3v) is 2.91. The summed E-state index contributed by atoms with van der Waals surface area (Å²) in [7, 11) is 1.44. The number of hydrogen-bond donors (Lipinski definition) is 1. The Kier molecular flexibility index (Phi) is 6.43. The number of hydrogen-bond acceptors (Lipinski definition) is 4. The van der Waals surface area contributed by atoms with E-state index in [1.54, 1.807) is 6.92 Å². The van der Waals surface area contributed by atoms with Crippen LogP contribution in [-0.4, -0.2) is 28.5 Å². The van der Waals surface area contributed by atoms with Crippen LogP contribution in [0.25, 0.3) is 0 Å². The zero-order valence-electron chi connectivity index (χ0n) is 10.5. The van der Waals surface area contributed by atoms with Crippen LogP contribution in [0.1, 0.15) is 34.1 Å². The summed E-state index contributed by atoms with van der Waals surface area (Å²) in [5.74, 6) is 0.464. The Labute approximate surface area is 99.8 Å². The SMILES string of the molecule is CC[S+]([O-])C(CC(C)(C)C)=NOC(=O)NC. The Balaban J connectivity index is 4.60. The predicted octanol–water partition coefficient (Wildman–Crippen LogP) is 1.86. The molecule has 0 aromatic heterocycles. The van der Waals surface area contributed by atoms with E-state index in [-0.39, 0.29) is 5.41 Å². The average molecular weight is 248 g/mol. The van der Waals surface area contributed by atoms with Crippen LogP contribution in [0.3, 0.4) is 0 Å². The number of carbonyl (C=O) groups is 1. The van der Waals surface area contributed by atoms with Gasteiger partial charge in [-0.05, 0) is 17.5 Å². The van der Waals surface area contributed by atoms with Crippen LogP contribution in [0.4, 0.5) is 4.79 Å². The molecule has 0 fully saturated rings. The molecule has 1 atom stereocenters. The fourth-order valence-electron chi connectivity index (χ4n) is 0.913. The largest absolute Gasteiger partial charge is 0.610 e. The van der Waals surface area contributed by atoms with E-state index in [1.807, 2.05) is 20.8 Å². The lowest BCUT2D eigenvalue weighted by molar-refractivity contribution is 0.153. The summed E-state index contributed by atoms with van der Waals surface area (Å²) in [6.07, 6.45) is -0.121. The topological polar surface area (TPSA) is 73.8 Å². The second-order valence-corrected chi connectivity index (χ2v) is 6.23. The highest BCUT2D eigenvalue weighted by atomic mass is 32.2. The molecule has 0 aliphatic carbocycles. The summed E-state index contributed by atoms with van der Waals surface area (Å²) in [5, 5.41) is 6.34. The first-order valence-electron chi connectivity index (χ1n) is 5.14. The lowest BCUT2D eigenvalue weighted by atomic mass is 9.93. The maximum atomic E-state index is 11.7. The first kappa shape index (κ1) is 15.2. The average Bonchev–Trinajstić information content (AvgIpc) is 2.20. The van der Waals surface area contributed by atoms with E-state index in [9.17, 15) is 9.35 Å². The van der Waals surface area contributed by atoms with Crippen LogP contribution in [-0.2, 0) is 16.0 Å². The maximum Gasteiger partial charge on any atom is 0.433 e. The quantitative estimate of drug-likeness (QED) is 0.272.